The Labute approximate surface area is 187 Å². The first-order valence-electron chi connectivity index (χ1n) is 11.7. The molecule has 0 aromatic carbocycles. The van der Waals surface area contributed by atoms with Crippen LogP contribution in [0.1, 0.15) is 30.6 Å². The maximum Gasteiger partial charge on any atom is 0.236 e. The van der Waals surface area contributed by atoms with E-state index in [2.05, 4.69) is 30.8 Å². The average Bonchev–Trinajstić information content (AvgIpc) is 3.16. The van der Waals surface area contributed by atoms with Gasteiger partial charge < -0.3 is 9.32 Å². The van der Waals surface area contributed by atoms with Gasteiger partial charge in [0.1, 0.15) is 12.1 Å². The lowest BCUT2D eigenvalue weighted by molar-refractivity contribution is -0.135. The van der Waals surface area contributed by atoms with E-state index in [1.807, 2.05) is 11.0 Å². The highest BCUT2D eigenvalue weighted by Crippen LogP contribution is 2.32. The molecule has 0 radical (unpaired) electrons. The highest BCUT2D eigenvalue weighted by atomic mass is 16.3. The van der Waals surface area contributed by atoms with Crippen LogP contribution in [0.5, 0.6) is 0 Å². The molecule has 1 aliphatic carbocycles. The van der Waals surface area contributed by atoms with Crippen molar-refractivity contribution >= 4 is 16.9 Å². The van der Waals surface area contributed by atoms with E-state index in [0.29, 0.717) is 13.1 Å². The van der Waals surface area contributed by atoms with Crippen LogP contribution in [0.2, 0.25) is 0 Å². The van der Waals surface area contributed by atoms with Gasteiger partial charge in [0.2, 0.25) is 5.91 Å². The van der Waals surface area contributed by atoms with E-state index in [1.165, 1.54) is 31.2 Å². The van der Waals surface area contributed by atoms with Crippen LogP contribution >= 0.6 is 0 Å². The predicted molar refractivity (Wildman–Crippen MR) is 120 cm³/mol. The van der Waals surface area contributed by atoms with Crippen molar-refractivity contribution in [3.63, 3.8) is 0 Å². The van der Waals surface area contributed by atoms with Gasteiger partial charge in [0.15, 0.2) is 5.58 Å². The molecule has 8 nitrogen and oxygen atoms in total. The summed E-state index contributed by atoms with van der Waals surface area (Å²) in [5.41, 5.74) is 3.66. The molecule has 166 valence electrons. The van der Waals surface area contributed by atoms with Gasteiger partial charge in [-0.05, 0) is 31.4 Å². The second-order valence-electron chi connectivity index (χ2n) is 9.13. The van der Waals surface area contributed by atoms with Crippen molar-refractivity contribution in [2.75, 3.05) is 39.3 Å². The summed E-state index contributed by atoms with van der Waals surface area (Å²) in [6, 6.07) is 4.69. The Morgan fingerprint density at radius 3 is 2.72 bits per heavy atom. The third kappa shape index (κ3) is 3.67. The Balaban J connectivity index is 1.12. The summed E-state index contributed by atoms with van der Waals surface area (Å²) in [7, 11) is 0. The molecule has 3 aliphatic rings. The first-order valence-corrected chi connectivity index (χ1v) is 11.7. The molecule has 3 aromatic rings. The van der Waals surface area contributed by atoms with E-state index < -0.39 is 0 Å². The first kappa shape index (κ1) is 19.8. The molecule has 2 fully saturated rings. The minimum absolute atomic E-state index is 0.241. The zero-order valence-corrected chi connectivity index (χ0v) is 18.2. The number of amides is 1. The third-order valence-corrected chi connectivity index (χ3v) is 7.27. The van der Waals surface area contributed by atoms with Crippen LogP contribution in [-0.2, 0) is 17.8 Å². The van der Waals surface area contributed by atoms with E-state index in [-0.39, 0.29) is 5.91 Å². The molecule has 1 saturated carbocycles. The van der Waals surface area contributed by atoms with Gasteiger partial charge >= 0.3 is 0 Å². The number of rotatable bonds is 4. The summed E-state index contributed by atoms with van der Waals surface area (Å²) in [5, 5.41) is 1.10. The Bertz CT molecular complexity index is 1120. The molecule has 0 N–H and O–H groups in total. The monoisotopic (exact) mass is 432 g/mol. The molecule has 1 saturated heterocycles. The predicted octanol–water partition coefficient (Wildman–Crippen LogP) is 2.34. The van der Waals surface area contributed by atoms with E-state index in [1.54, 1.807) is 12.4 Å². The van der Waals surface area contributed by atoms with Crippen molar-refractivity contribution < 1.29 is 9.21 Å². The summed E-state index contributed by atoms with van der Waals surface area (Å²) >= 11 is 0. The van der Waals surface area contributed by atoms with Gasteiger partial charge in [-0.1, -0.05) is 6.42 Å². The molecular formula is C24H28N6O2. The molecule has 6 rings (SSSR count). The number of furan rings is 1. The topological polar surface area (TPSA) is 78.6 Å². The van der Waals surface area contributed by atoms with Crippen LogP contribution in [-0.4, -0.2) is 80.9 Å². The molecule has 0 spiro atoms. The molecule has 3 aromatic heterocycles. The molecule has 0 bridgehead atoms. The maximum atomic E-state index is 12.9. The molecule has 1 amide bonds. The van der Waals surface area contributed by atoms with E-state index >= 15 is 0 Å². The van der Waals surface area contributed by atoms with Gasteiger partial charge in [0.25, 0.3) is 0 Å². The van der Waals surface area contributed by atoms with Crippen molar-refractivity contribution in [2.45, 2.75) is 38.3 Å². The number of hydrogen-bond acceptors (Lipinski definition) is 7. The zero-order chi connectivity index (χ0) is 21.5. The van der Waals surface area contributed by atoms with E-state index in [9.17, 15) is 4.79 Å². The van der Waals surface area contributed by atoms with Gasteiger partial charge in [-0.2, -0.15) is 0 Å². The van der Waals surface area contributed by atoms with Crippen molar-refractivity contribution in [3.05, 3.63) is 42.2 Å². The van der Waals surface area contributed by atoms with Gasteiger partial charge in [0.05, 0.1) is 30.7 Å². The molecule has 8 heteroatoms. The summed E-state index contributed by atoms with van der Waals surface area (Å²) in [6.07, 6.45) is 9.94. The number of piperazine rings is 1. The largest absolute Gasteiger partial charge is 0.458 e. The van der Waals surface area contributed by atoms with Gasteiger partial charge in [-0.3, -0.25) is 19.6 Å². The number of fused-ring (bicyclic) bond motifs is 3. The van der Waals surface area contributed by atoms with Crippen LogP contribution in [0.15, 0.2) is 35.3 Å². The Kier molecular flexibility index (Phi) is 5.11. The molecule has 2 aliphatic heterocycles. The molecular weight excluding hydrogens is 404 g/mol. The second-order valence-corrected chi connectivity index (χ2v) is 9.13. The van der Waals surface area contributed by atoms with Crippen LogP contribution in [0, 0.1) is 0 Å². The second kappa shape index (κ2) is 8.26. The number of carbonyl (C=O) groups excluding carboxylic acids is 1. The van der Waals surface area contributed by atoms with Gasteiger partial charge in [-0.25, -0.2) is 9.97 Å². The number of aromatic nitrogens is 3. The SMILES string of the molecule is O=C(CN1CCc2c(oc3cnc(-c4ccncn4)cc23)C1)N1CCN(C2CCC2)CC1. The molecule has 5 heterocycles. The minimum Gasteiger partial charge on any atom is -0.458 e. The fraction of sp³-hybridized carbons (Fsp3) is 0.500. The van der Waals surface area contributed by atoms with E-state index in [4.69, 9.17) is 4.42 Å². The summed E-state index contributed by atoms with van der Waals surface area (Å²) in [4.78, 5) is 32.6. The fourth-order valence-electron chi connectivity index (χ4n) is 5.16. The van der Waals surface area contributed by atoms with Gasteiger partial charge in [0, 0.05) is 55.9 Å². The maximum absolute atomic E-state index is 12.9. The molecule has 32 heavy (non-hydrogen) atoms. The Morgan fingerprint density at radius 2 is 1.97 bits per heavy atom. The van der Waals surface area contributed by atoms with E-state index in [0.717, 1.165) is 73.3 Å². The lowest BCUT2D eigenvalue weighted by atomic mass is 9.91. The van der Waals surface area contributed by atoms with Crippen LogP contribution < -0.4 is 0 Å². The molecule has 0 unspecified atom stereocenters. The normalized spacial score (nSPS) is 20.3. The van der Waals surface area contributed by atoms with Crippen molar-refractivity contribution in [2.24, 2.45) is 0 Å². The summed E-state index contributed by atoms with van der Waals surface area (Å²) in [5.74, 6) is 1.20. The smallest absolute Gasteiger partial charge is 0.236 e. The van der Waals surface area contributed by atoms with Crippen molar-refractivity contribution in [1.82, 2.24) is 29.7 Å². The lowest BCUT2D eigenvalue weighted by Gasteiger charge is -2.43. The van der Waals surface area contributed by atoms with Crippen LogP contribution in [0.25, 0.3) is 22.4 Å². The zero-order valence-electron chi connectivity index (χ0n) is 18.2. The highest BCUT2D eigenvalue weighted by molar-refractivity contribution is 5.85. The van der Waals surface area contributed by atoms with Crippen LogP contribution in [0.4, 0.5) is 0 Å². The average molecular weight is 433 g/mol. The van der Waals surface area contributed by atoms with Gasteiger partial charge in [-0.15, -0.1) is 0 Å². The fourth-order valence-corrected chi connectivity index (χ4v) is 5.16. The number of hydrogen-bond donors (Lipinski definition) is 0. The number of pyridine rings is 1. The van der Waals surface area contributed by atoms with Crippen molar-refractivity contribution in [3.8, 4) is 11.4 Å². The highest BCUT2D eigenvalue weighted by Gasteiger charge is 2.31. The standard InChI is InChI=1S/C24H28N6O2/c31-24(30-10-8-29(9-11-30)17-2-1-3-17)15-28-7-5-18-19-12-21(20-4-6-25-16-27-20)26-13-22(19)32-23(18)14-28/h4,6,12-13,16-17H,1-3,5,7-11,14-15H2. The number of carbonyl (C=O) groups is 1. The number of nitrogens with zero attached hydrogens (tertiary/aromatic N) is 6. The Hall–Kier alpha value is -2.84. The quantitative estimate of drug-likeness (QED) is 0.626. The Morgan fingerprint density at radius 1 is 1.09 bits per heavy atom. The van der Waals surface area contributed by atoms with Crippen LogP contribution in [0.3, 0.4) is 0 Å². The minimum atomic E-state index is 0.241. The van der Waals surface area contributed by atoms with Crippen molar-refractivity contribution in [1.29, 1.82) is 0 Å². The third-order valence-electron chi connectivity index (χ3n) is 7.27. The first-order chi connectivity index (χ1) is 15.7. The molecule has 0 atom stereocenters. The summed E-state index contributed by atoms with van der Waals surface area (Å²) in [6.45, 7) is 5.75. The summed E-state index contributed by atoms with van der Waals surface area (Å²) < 4.78 is 6.13. The lowest BCUT2D eigenvalue weighted by Crippen LogP contribution is -2.55.